The maximum atomic E-state index is 13.6. The second-order valence-corrected chi connectivity index (χ2v) is 26.6. The van der Waals surface area contributed by atoms with Gasteiger partial charge in [0.2, 0.25) is 35.7 Å². The molecule has 15 heteroatoms. The molecule has 5 nitrogen and oxygen atoms in total. The number of hydrogen-bond donors (Lipinski definition) is 0. The minimum absolute atomic E-state index is 0.198. The Kier molecular flexibility index (Phi) is 35.3. The van der Waals surface area contributed by atoms with E-state index in [1.165, 1.54) is 99.9 Å². The van der Waals surface area contributed by atoms with Gasteiger partial charge < -0.3 is 0 Å². The molecular weight excluding hydrogens is 1370 g/mol. The molecule has 0 aliphatic carbocycles. The fraction of sp³-hybridized carbons (Fsp3) is 0.299. The molecule has 0 aliphatic rings. The van der Waals surface area contributed by atoms with Gasteiger partial charge in [0, 0.05) is 27.8 Å². The summed E-state index contributed by atoms with van der Waals surface area (Å²) in [7, 11) is 0. The average molecular weight is 1460 g/mol. The Hall–Kier alpha value is -8.19. The van der Waals surface area contributed by atoms with Crippen LogP contribution < -0.4 is 0 Å². The van der Waals surface area contributed by atoms with E-state index in [2.05, 4.69) is 205 Å². The van der Waals surface area contributed by atoms with E-state index in [4.69, 9.17) is 46.4 Å². The normalized spacial score (nSPS) is 10.7. The van der Waals surface area contributed by atoms with Gasteiger partial charge in [-0.05, 0) is 212 Å². The number of nitrogens with zero attached hydrogens (tertiary/aromatic N) is 5. The van der Waals surface area contributed by atoms with Gasteiger partial charge >= 0.3 is 0 Å². The third-order valence-corrected chi connectivity index (χ3v) is 18.3. The molecule has 0 atom stereocenters. The number of aromatic nitrogens is 5. The number of rotatable bonds is 27. The van der Waals surface area contributed by atoms with Crippen LogP contribution in [0.5, 0.6) is 0 Å². The van der Waals surface area contributed by atoms with Crippen molar-refractivity contribution in [3.8, 4) is 11.1 Å². The number of unbranched alkanes of at least 4 members (excludes halogenated alkanes) is 3. The molecule has 5 heterocycles. The average Bonchev–Trinajstić information content (AvgIpc) is 0.865. The maximum absolute atomic E-state index is 13.6. The van der Waals surface area contributed by atoms with Crippen LogP contribution in [0.3, 0.4) is 0 Å². The Morgan fingerprint density at radius 1 is 0.216 bits per heavy atom. The third kappa shape index (κ3) is 28.9. The van der Waals surface area contributed by atoms with Gasteiger partial charge in [0.05, 0.1) is 0 Å². The molecule has 11 rings (SSSR count). The van der Waals surface area contributed by atoms with Gasteiger partial charge in [0.1, 0.15) is 20.6 Å². The highest BCUT2D eigenvalue weighted by Gasteiger charge is 2.11. The van der Waals surface area contributed by atoms with E-state index < -0.39 is 35.7 Å². The van der Waals surface area contributed by atoms with Gasteiger partial charge in [-0.1, -0.05) is 277 Å². The first-order chi connectivity index (χ1) is 49.4. The van der Waals surface area contributed by atoms with Crippen LogP contribution in [-0.2, 0) is 96.3 Å². The highest BCUT2D eigenvalue weighted by atomic mass is 35.5. The van der Waals surface area contributed by atoms with Crippen molar-refractivity contribution in [1.29, 1.82) is 0 Å². The van der Waals surface area contributed by atoms with Crippen LogP contribution in [0, 0.1) is 35.7 Å². The first kappa shape index (κ1) is 81.1. The molecule has 0 aliphatic heterocycles. The topological polar surface area (TPSA) is 64.5 Å². The molecule has 0 unspecified atom stereocenters. The Balaban J connectivity index is 0.000000179. The molecule has 0 saturated heterocycles. The second-order valence-electron chi connectivity index (χ2n) is 25.1. The lowest BCUT2D eigenvalue weighted by molar-refractivity contribution is 0.502. The Morgan fingerprint density at radius 2 is 0.451 bits per heavy atom. The SMILES string of the molecule is CCCCCc1ccc(CCc2ccc(Cl)nc2F)cc1.CCCCc1ccc(CCc2ccc(Cl)nc2F)cc1.CCCc1ccc(CCc2ccc(Cl)nc2F)cc1.CCc1ccc(-c2ccc(CCc3ccc(F)nc3F)cc2)cc1.CCc1ccc(CCc2ccc(Cl)nc2F)cc1. The molecule has 6 aromatic carbocycles. The summed E-state index contributed by atoms with van der Waals surface area (Å²) in [6.45, 7) is 10.9. The van der Waals surface area contributed by atoms with Gasteiger partial charge in [-0.25, -0.2) is 19.9 Å². The summed E-state index contributed by atoms with van der Waals surface area (Å²) >= 11 is 22.5. The van der Waals surface area contributed by atoms with Gasteiger partial charge in [-0.2, -0.15) is 31.3 Å². The van der Waals surface area contributed by atoms with Crippen molar-refractivity contribution in [2.45, 2.75) is 169 Å². The monoisotopic (exact) mass is 1460 g/mol. The van der Waals surface area contributed by atoms with E-state index in [0.29, 0.717) is 66.3 Å². The van der Waals surface area contributed by atoms with Crippen molar-refractivity contribution < 1.29 is 26.3 Å². The number of aryl methyl sites for hydroxylation is 15. The highest BCUT2D eigenvalue weighted by molar-refractivity contribution is 6.30. The zero-order valence-corrected chi connectivity index (χ0v) is 62.0. The highest BCUT2D eigenvalue weighted by Crippen LogP contribution is 2.24. The fourth-order valence-electron chi connectivity index (χ4n) is 11.1. The fourth-order valence-corrected chi connectivity index (χ4v) is 11.7. The van der Waals surface area contributed by atoms with Gasteiger partial charge in [-0.3, -0.25) is 0 Å². The van der Waals surface area contributed by atoms with Crippen LogP contribution in [-0.4, -0.2) is 24.9 Å². The first-order valence-corrected chi connectivity index (χ1v) is 37.0. The van der Waals surface area contributed by atoms with E-state index in [-0.39, 0.29) is 20.6 Å². The second kappa shape index (κ2) is 44.4. The molecule has 534 valence electrons. The summed E-state index contributed by atoms with van der Waals surface area (Å²) in [6, 6.07) is 67.0. The minimum Gasteiger partial charge on any atom is -0.208 e. The quantitative estimate of drug-likeness (QED) is 0.0292. The number of hydrogen-bond acceptors (Lipinski definition) is 5. The molecule has 0 bridgehead atoms. The lowest BCUT2D eigenvalue weighted by Gasteiger charge is -2.06. The van der Waals surface area contributed by atoms with Gasteiger partial charge in [0.15, 0.2) is 0 Å². The molecule has 0 radical (unpaired) electrons. The summed E-state index contributed by atoms with van der Waals surface area (Å²) < 4.78 is 80.5. The van der Waals surface area contributed by atoms with Crippen LogP contribution in [0.2, 0.25) is 20.6 Å². The van der Waals surface area contributed by atoms with E-state index in [1.54, 1.807) is 48.5 Å². The predicted octanol–water partition coefficient (Wildman–Crippen LogP) is 24.6. The lowest BCUT2D eigenvalue weighted by atomic mass is 9.99. The molecule has 5 aromatic heterocycles. The summed E-state index contributed by atoms with van der Waals surface area (Å²) in [4.78, 5) is 17.7. The number of pyridine rings is 5. The van der Waals surface area contributed by atoms with Crippen molar-refractivity contribution >= 4 is 46.4 Å². The van der Waals surface area contributed by atoms with Crippen molar-refractivity contribution in [2.75, 3.05) is 0 Å². The van der Waals surface area contributed by atoms with Crippen LogP contribution in [0.15, 0.2) is 206 Å². The molecule has 0 fully saturated rings. The Bertz CT molecular complexity index is 4260. The van der Waals surface area contributed by atoms with Crippen molar-refractivity contribution in [1.82, 2.24) is 24.9 Å². The molecule has 0 spiro atoms. The molecular formula is C87H91Cl4F6N5. The summed E-state index contributed by atoms with van der Waals surface area (Å²) in [5.74, 6) is -3.35. The Labute approximate surface area is 620 Å². The molecule has 102 heavy (non-hydrogen) atoms. The molecule has 0 saturated carbocycles. The van der Waals surface area contributed by atoms with E-state index >= 15 is 0 Å². The summed E-state index contributed by atoms with van der Waals surface area (Å²) in [6.07, 6.45) is 19.8. The largest absolute Gasteiger partial charge is 0.218 e. The first-order valence-electron chi connectivity index (χ1n) is 35.4. The molecule has 0 N–H and O–H groups in total. The molecule has 0 amide bonds. The van der Waals surface area contributed by atoms with E-state index in [0.717, 1.165) is 75.3 Å². The Morgan fingerprint density at radius 3 is 0.716 bits per heavy atom. The van der Waals surface area contributed by atoms with Crippen molar-refractivity contribution in [2.24, 2.45) is 0 Å². The van der Waals surface area contributed by atoms with E-state index in [1.807, 2.05) is 0 Å². The van der Waals surface area contributed by atoms with E-state index in [9.17, 15) is 26.3 Å². The van der Waals surface area contributed by atoms with Crippen LogP contribution >= 0.6 is 46.4 Å². The summed E-state index contributed by atoms with van der Waals surface area (Å²) in [5, 5.41) is 0.799. The number of halogens is 10. The lowest BCUT2D eigenvalue weighted by Crippen LogP contribution is -1.99. The van der Waals surface area contributed by atoms with Crippen molar-refractivity contribution in [3.63, 3.8) is 0 Å². The minimum atomic E-state index is -0.783. The number of benzene rings is 6. The van der Waals surface area contributed by atoms with Crippen molar-refractivity contribution in [3.05, 3.63) is 346 Å². The predicted molar refractivity (Wildman–Crippen MR) is 410 cm³/mol. The van der Waals surface area contributed by atoms with Crippen LogP contribution in [0.25, 0.3) is 11.1 Å². The van der Waals surface area contributed by atoms with Crippen LogP contribution in [0.4, 0.5) is 26.3 Å². The molecule has 11 aromatic rings. The van der Waals surface area contributed by atoms with Gasteiger partial charge in [0.25, 0.3) is 0 Å². The smallest absolute Gasteiger partial charge is 0.208 e. The third-order valence-electron chi connectivity index (χ3n) is 17.5. The van der Waals surface area contributed by atoms with Crippen LogP contribution in [0.1, 0.15) is 157 Å². The standard InChI is InChI=1S/C21H19F2N.C18H21ClFN.C17H19ClFN.C16H17ClFN.C15H15ClFN/c1-2-15-3-8-17(9-4-15)18-10-5-16(6-11-18)7-12-19-13-14-20(22)24-21(19)23;1-2-3-4-5-14-6-8-15(9-7-14)10-11-16-12-13-17(19)21-18(16)20;1-2-3-4-13-5-7-14(8-6-13)9-10-15-11-12-16(18)20-17(15)19;1-2-3-12-4-6-13(7-5-12)8-9-14-10-11-15(17)19-16(14)18;1-2-11-3-5-12(6-4-11)7-8-13-9-10-14(16)18-15(13)17/h3-6,8-11,13-14H,2,7,12H2,1H3;6-9,12-13H,2-5,10-11H2,1H3;5-8,11-12H,2-4,9-10H2,1H3;4-7,10-11H,2-3,8-9H2,1H3;3-6,9-10H,2,7-8H2,1H3. The summed E-state index contributed by atoms with van der Waals surface area (Å²) in [5.41, 5.74) is 18.0. The van der Waals surface area contributed by atoms with Gasteiger partial charge in [-0.15, -0.1) is 0 Å². The maximum Gasteiger partial charge on any atom is 0.218 e. The zero-order valence-electron chi connectivity index (χ0n) is 59.0. The zero-order chi connectivity index (χ0) is 73.0.